The number of methoxy groups -OCH3 is 1. The van der Waals surface area contributed by atoms with Gasteiger partial charge >= 0.3 is 19.4 Å². The van der Waals surface area contributed by atoms with E-state index in [1.807, 2.05) is 0 Å². The topological polar surface area (TPSA) is 167 Å². The first-order chi connectivity index (χ1) is 17.9. The third-order valence-corrected chi connectivity index (χ3v) is 8.40. The molecule has 3 rings (SSSR count). The van der Waals surface area contributed by atoms with Crippen LogP contribution in [0.15, 0.2) is 52.2 Å². The number of esters is 1. The molecule has 13 nitrogen and oxygen atoms in total. The van der Waals surface area contributed by atoms with Gasteiger partial charge in [0.25, 0.3) is 5.56 Å². The second-order valence-electron chi connectivity index (χ2n) is 8.43. The molecule has 1 aliphatic rings. The van der Waals surface area contributed by atoms with Crippen LogP contribution in [0.25, 0.3) is 0 Å². The number of hydrogen-bond acceptors (Lipinski definition) is 10. The number of H-pyrrole nitrogens is 1. The molecule has 1 aromatic heterocycles. The second kappa shape index (κ2) is 12.4. The van der Waals surface area contributed by atoms with Gasteiger partial charge in [-0.05, 0) is 26.0 Å². The summed E-state index contributed by atoms with van der Waals surface area (Å²) in [7, 11) is -3.08. The highest BCUT2D eigenvalue weighted by Crippen LogP contribution is 2.50. The first-order valence-corrected chi connectivity index (χ1v) is 14.0. The zero-order valence-corrected chi connectivity index (χ0v) is 23.9. The monoisotopic (exact) mass is 639 g/mol. The molecule has 6 atom stereocenters. The van der Waals surface area contributed by atoms with E-state index < -0.39 is 59.3 Å². The molecule has 0 spiro atoms. The molecule has 1 fully saturated rings. The van der Waals surface area contributed by atoms with Gasteiger partial charge in [-0.15, -0.1) is 0 Å². The van der Waals surface area contributed by atoms with E-state index in [9.17, 15) is 24.1 Å². The highest BCUT2D eigenvalue weighted by molar-refractivity contribution is 9.10. The fourth-order valence-electron chi connectivity index (χ4n) is 3.64. The number of halogens is 2. The molecule has 0 amide bonds. The van der Waals surface area contributed by atoms with Crippen molar-refractivity contribution in [2.45, 2.75) is 41.6 Å². The van der Waals surface area contributed by atoms with Gasteiger partial charge in [0.1, 0.15) is 23.5 Å². The number of rotatable bonds is 12. The minimum Gasteiger partial charge on any atom is -0.465 e. The Morgan fingerprint density at radius 3 is 2.63 bits per heavy atom. The molecule has 3 N–H and O–H groups in total. The Bertz CT molecular complexity index is 1250. The van der Waals surface area contributed by atoms with Crippen LogP contribution < -0.4 is 20.9 Å². The van der Waals surface area contributed by atoms with Crippen molar-refractivity contribution in [1.29, 1.82) is 0 Å². The summed E-state index contributed by atoms with van der Waals surface area (Å²) in [5.74, 6) is -0.630. The summed E-state index contributed by atoms with van der Waals surface area (Å²) in [6, 6.07) is 9.10. The molecule has 0 saturated carbocycles. The molecule has 38 heavy (non-hydrogen) atoms. The maximum atomic E-state index is 14.0. The summed E-state index contributed by atoms with van der Waals surface area (Å²) in [5.41, 5.74) is -3.23. The van der Waals surface area contributed by atoms with Crippen LogP contribution in [0.1, 0.15) is 20.1 Å². The Balaban J connectivity index is 1.89. The van der Waals surface area contributed by atoms with Crippen LogP contribution in [0.4, 0.5) is 0 Å². The van der Waals surface area contributed by atoms with Crippen LogP contribution in [-0.4, -0.2) is 69.1 Å². The summed E-state index contributed by atoms with van der Waals surface area (Å²) in [5, 5.41) is 13.4. The molecule has 2 unspecified atom stereocenters. The molecule has 0 bridgehead atoms. The number of aliphatic hydroxyl groups excluding tert-OH is 1. The van der Waals surface area contributed by atoms with Gasteiger partial charge in [0.15, 0.2) is 10.0 Å². The number of alkyl halides is 2. The van der Waals surface area contributed by atoms with Crippen molar-refractivity contribution in [1.82, 2.24) is 14.6 Å². The Hall–Kier alpha value is -2.03. The maximum absolute atomic E-state index is 14.0. The van der Waals surface area contributed by atoms with Crippen molar-refractivity contribution in [3.8, 4) is 5.75 Å². The normalized spacial score (nSPS) is 26.3. The van der Waals surface area contributed by atoms with Gasteiger partial charge < -0.3 is 28.8 Å². The van der Waals surface area contributed by atoms with Gasteiger partial charge in [-0.25, -0.2) is 18.7 Å². The van der Waals surface area contributed by atoms with E-state index >= 15 is 0 Å². The number of nitrogens with zero attached hydrogens (tertiary/aromatic N) is 1. The Morgan fingerprint density at radius 2 is 2.03 bits per heavy atom. The lowest BCUT2D eigenvalue weighted by Gasteiger charge is -2.32. The van der Waals surface area contributed by atoms with E-state index in [0.29, 0.717) is 4.57 Å². The molecular formula is C22H28BrClN3O10P. The van der Waals surface area contributed by atoms with Crippen LogP contribution in [-0.2, 0) is 28.1 Å². The predicted molar refractivity (Wildman–Crippen MR) is 139 cm³/mol. The summed E-state index contributed by atoms with van der Waals surface area (Å²) in [4.78, 5) is 39.6. The third-order valence-electron chi connectivity index (χ3n) is 5.42. The number of aromatic nitrogens is 2. The Kier molecular flexibility index (Phi) is 9.98. The number of para-hydroxylation sites is 1. The van der Waals surface area contributed by atoms with Crippen LogP contribution in [0.3, 0.4) is 0 Å². The fraction of sp³-hybridized carbons (Fsp3) is 0.500. The predicted octanol–water partition coefficient (Wildman–Crippen LogP) is 1.89. The van der Waals surface area contributed by atoms with Crippen molar-refractivity contribution in [2.75, 3.05) is 26.9 Å². The van der Waals surface area contributed by atoms with Crippen LogP contribution in [0, 0.1) is 0 Å². The summed E-state index contributed by atoms with van der Waals surface area (Å²) in [6.45, 7) is 2.20. The summed E-state index contributed by atoms with van der Waals surface area (Å²) < 4.78 is 40.0. The zero-order chi connectivity index (χ0) is 28.1. The molecule has 16 heteroatoms. The third kappa shape index (κ3) is 6.75. The molecule has 1 aromatic carbocycles. The average Bonchev–Trinajstić information content (AvgIpc) is 3.07. The molecule has 0 aliphatic carbocycles. The van der Waals surface area contributed by atoms with Gasteiger partial charge in [-0.2, -0.15) is 5.09 Å². The molecule has 1 aliphatic heterocycles. The smallest absolute Gasteiger partial charge is 0.459 e. The number of nitrogens with one attached hydrogen (secondary N) is 2. The first kappa shape index (κ1) is 30.5. The van der Waals surface area contributed by atoms with Crippen molar-refractivity contribution >= 4 is 41.2 Å². The van der Waals surface area contributed by atoms with E-state index in [1.54, 1.807) is 25.1 Å². The lowest BCUT2D eigenvalue weighted by Crippen LogP contribution is -2.53. The Morgan fingerprint density at radius 1 is 1.34 bits per heavy atom. The SMILES string of the molecule is CCOC(=O)C(C)(COC)NP(=O)(OC[C@H]1O[C@@H](n2c(=O)cc[nH]c2=O)[C@](Cl)(Br)[C@@H]1O)Oc1ccccc1. The van der Waals surface area contributed by atoms with Gasteiger partial charge in [0, 0.05) is 19.4 Å². The van der Waals surface area contributed by atoms with Crippen molar-refractivity contribution < 1.29 is 37.7 Å². The molecule has 2 aromatic rings. The van der Waals surface area contributed by atoms with E-state index in [-0.39, 0.29) is 19.0 Å². The van der Waals surface area contributed by atoms with Gasteiger partial charge in [-0.3, -0.25) is 9.32 Å². The number of ether oxygens (including phenoxy) is 3. The molecule has 2 heterocycles. The quantitative estimate of drug-likeness (QED) is 0.176. The number of carbonyl (C=O) groups is 1. The highest BCUT2D eigenvalue weighted by atomic mass is 79.9. The van der Waals surface area contributed by atoms with E-state index in [4.69, 9.17) is 34.9 Å². The van der Waals surface area contributed by atoms with E-state index in [1.165, 1.54) is 26.2 Å². The van der Waals surface area contributed by atoms with Crippen molar-refractivity contribution in [2.24, 2.45) is 0 Å². The second-order valence-corrected chi connectivity index (χ2v) is 12.5. The van der Waals surface area contributed by atoms with Crippen molar-refractivity contribution in [3.63, 3.8) is 0 Å². The number of hydrogen-bond donors (Lipinski definition) is 3. The molecule has 210 valence electrons. The number of benzene rings is 1. The molecular weight excluding hydrogens is 613 g/mol. The van der Waals surface area contributed by atoms with Crippen LogP contribution >= 0.6 is 35.3 Å². The number of carbonyl (C=O) groups excluding carboxylic acids is 1. The van der Waals surface area contributed by atoms with E-state index in [0.717, 1.165) is 12.3 Å². The van der Waals surface area contributed by atoms with E-state index in [2.05, 4.69) is 26.0 Å². The minimum atomic E-state index is -4.42. The lowest BCUT2D eigenvalue weighted by molar-refractivity contribution is -0.152. The van der Waals surface area contributed by atoms with Gasteiger partial charge in [-0.1, -0.05) is 45.7 Å². The van der Waals surface area contributed by atoms with Gasteiger partial charge in [0.2, 0.25) is 0 Å². The minimum absolute atomic E-state index is 0.0506. The Labute approximate surface area is 231 Å². The highest BCUT2D eigenvalue weighted by Gasteiger charge is 2.56. The standard InChI is InChI=1S/C22H28BrClN3O10P/c1-4-34-19(30)21(2,13-33-3)26-38(32,37-14-8-6-5-7-9-14)35-12-15-17(29)22(23,24)18(36-15)27-16(28)10-11-25-20(27)31/h5-11,15,17-18,29H,4,12-13H2,1-3H3,(H,25,31)(H,26,32)/t15-,17-,18-,21?,22+,38?/m1/s1. The van der Waals surface area contributed by atoms with Crippen LogP contribution in [0.2, 0.25) is 0 Å². The van der Waals surface area contributed by atoms with Crippen molar-refractivity contribution in [3.05, 3.63) is 63.4 Å². The summed E-state index contributed by atoms with van der Waals surface area (Å²) in [6.07, 6.45) is -3.16. The summed E-state index contributed by atoms with van der Waals surface area (Å²) >= 11 is 9.57. The number of aromatic amines is 1. The fourth-order valence-corrected chi connectivity index (χ4v) is 6.20. The zero-order valence-electron chi connectivity index (χ0n) is 20.7. The average molecular weight is 641 g/mol. The maximum Gasteiger partial charge on any atom is 0.459 e. The van der Waals surface area contributed by atoms with Crippen LogP contribution in [0.5, 0.6) is 5.75 Å². The molecule has 0 radical (unpaired) electrons. The lowest BCUT2D eigenvalue weighted by atomic mass is 10.1. The van der Waals surface area contributed by atoms with Gasteiger partial charge in [0.05, 0.1) is 19.8 Å². The largest absolute Gasteiger partial charge is 0.465 e. The molecule has 1 saturated heterocycles. The number of aliphatic hydroxyl groups is 1. The first-order valence-electron chi connectivity index (χ1n) is 11.3.